The van der Waals surface area contributed by atoms with Gasteiger partial charge in [-0.1, -0.05) is 33.1 Å². The minimum absolute atomic E-state index is 0.199. The zero-order valence-electron chi connectivity index (χ0n) is 9.56. The Bertz CT molecular complexity index is 166. The van der Waals surface area contributed by atoms with Crippen LogP contribution in [0.4, 0.5) is 4.39 Å². The van der Waals surface area contributed by atoms with Gasteiger partial charge in [0.2, 0.25) is 0 Å². The number of rotatable bonds is 4. The molecule has 0 radical (unpaired) electrons. The summed E-state index contributed by atoms with van der Waals surface area (Å²) in [5.74, 6) is 0.957. The molecule has 3 atom stereocenters. The van der Waals surface area contributed by atoms with E-state index in [0.29, 0.717) is 6.42 Å². The lowest BCUT2D eigenvalue weighted by Crippen LogP contribution is -2.42. The van der Waals surface area contributed by atoms with E-state index >= 15 is 0 Å². The Morgan fingerprint density at radius 1 is 1.36 bits per heavy atom. The summed E-state index contributed by atoms with van der Waals surface area (Å²) < 4.78 is 14.3. The Morgan fingerprint density at radius 2 is 2.07 bits per heavy atom. The van der Waals surface area contributed by atoms with Crippen molar-refractivity contribution in [3.05, 3.63) is 0 Å². The average Bonchev–Trinajstić information content (AvgIpc) is 2.28. The van der Waals surface area contributed by atoms with E-state index in [-0.39, 0.29) is 12.5 Å². The van der Waals surface area contributed by atoms with Crippen LogP contribution in [0.2, 0.25) is 0 Å². The maximum Gasteiger partial charge on any atom is 0.125 e. The third kappa shape index (κ3) is 2.47. The lowest BCUT2D eigenvalue weighted by molar-refractivity contribution is 0.0438. The first kappa shape index (κ1) is 12.0. The maximum atomic E-state index is 14.3. The highest BCUT2D eigenvalue weighted by Gasteiger charge is 2.38. The molecule has 1 aliphatic rings. The van der Waals surface area contributed by atoms with E-state index in [1.165, 1.54) is 19.3 Å². The quantitative estimate of drug-likeness (QED) is 0.742. The lowest BCUT2D eigenvalue weighted by Gasteiger charge is -2.37. The summed E-state index contributed by atoms with van der Waals surface area (Å²) in [6, 6.07) is 0. The first-order chi connectivity index (χ1) is 6.66. The highest BCUT2D eigenvalue weighted by molar-refractivity contribution is 4.90. The van der Waals surface area contributed by atoms with Crippen LogP contribution in [0, 0.1) is 11.8 Å². The van der Waals surface area contributed by atoms with Crippen molar-refractivity contribution in [2.24, 2.45) is 17.6 Å². The molecule has 1 rings (SSSR count). The molecular formula is C12H24FN. The summed E-state index contributed by atoms with van der Waals surface area (Å²) in [7, 11) is 0. The molecular weight excluding hydrogens is 177 g/mol. The van der Waals surface area contributed by atoms with Gasteiger partial charge in [-0.3, -0.25) is 0 Å². The third-order valence-corrected chi connectivity index (χ3v) is 4.02. The molecule has 0 aromatic carbocycles. The van der Waals surface area contributed by atoms with Crippen molar-refractivity contribution in [1.82, 2.24) is 0 Å². The number of halogens is 1. The van der Waals surface area contributed by atoms with Gasteiger partial charge in [0, 0.05) is 6.54 Å². The van der Waals surface area contributed by atoms with E-state index in [0.717, 1.165) is 18.8 Å². The molecule has 1 nitrogen and oxygen atoms in total. The fourth-order valence-corrected chi connectivity index (χ4v) is 2.73. The second-order valence-electron chi connectivity index (χ2n) is 4.73. The molecule has 84 valence electrons. The van der Waals surface area contributed by atoms with Gasteiger partial charge in [0.25, 0.3) is 0 Å². The number of hydrogen-bond donors (Lipinski definition) is 1. The summed E-state index contributed by atoms with van der Waals surface area (Å²) in [6.45, 7) is 4.33. The fourth-order valence-electron chi connectivity index (χ4n) is 2.73. The van der Waals surface area contributed by atoms with E-state index < -0.39 is 5.67 Å². The van der Waals surface area contributed by atoms with Gasteiger partial charge in [-0.15, -0.1) is 0 Å². The smallest absolute Gasteiger partial charge is 0.125 e. The van der Waals surface area contributed by atoms with E-state index in [1.807, 2.05) is 6.92 Å². The molecule has 0 aliphatic heterocycles. The second kappa shape index (κ2) is 5.11. The van der Waals surface area contributed by atoms with Crippen molar-refractivity contribution in [2.75, 3.05) is 6.54 Å². The number of hydrogen-bond acceptors (Lipinski definition) is 1. The van der Waals surface area contributed by atoms with Crippen molar-refractivity contribution in [3.63, 3.8) is 0 Å². The van der Waals surface area contributed by atoms with Crippen LogP contribution < -0.4 is 5.73 Å². The molecule has 0 saturated heterocycles. The lowest BCUT2D eigenvalue weighted by atomic mass is 9.72. The van der Waals surface area contributed by atoms with Gasteiger partial charge >= 0.3 is 0 Å². The van der Waals surface area contributed by atoms with Crippen molar-refractivity contribution < 1.29 is 4.39 Å². The van der Waals surface area contributed by atoms with Crippen LogP contribution in [-0.4, -0.2) is 12.2 Å². The van der Waals surface area contributed by atoms with Crippen LogP contribution in [0.3, 0.4) is 0 Å². The van der Waals surface area contributed by atoms with E-state index in [9.17, 15) is 4.39 Å². The zero-order valence-corrected chi connectivity index (χ0v) is 9.56. The summed E-state index contributed by atoms with van der Waals surface area (Å²) in [6.07, 6.45) is 6.34. The van der Waals surface area contributed by atoms with Gasteiger partial charge in [0.05, 0.1) is 0 Å². The normalized spacial score (nSPS) is 32.6. The number of alkyl halides is 1. The van der Waals surface area contributed by atoms with Crippen LogP contribution in [0.5, 0.6) is 0 Å². The Morgan fingerprint density at radius 3 is 2.57 bits per heavy atom. The van der Waals surface area contributed by atoms with Crippen LogP contribution in [-0.2, 0) is 0 Å². The van der Waals surface area contributed by atoms with E-state index in [1.54, 1.807) is 0 Å². The Kier molecular flexibility index (Phi) is 4.36. The molecule has 0 aromatic heterocycles. The van der Waals surface area contributed by atoms with Crippen LogP contribution in [0.25, 0.3) is 0 Å². The minimum atomic E-state index is -1.09. The third-order valence-electron chi connectivity index (χ3n) is 4.02. The molecule has 0 amide bonds. The first-order valence-corrected chi connectivity index (χ1v) is 6.05. The highest BCUT2D eigenvalue weighted by Crippen LogP contribution is 2.40. The maximum absolute atomic E-state index is 14.3. The molecule has 0 spiro atoms. The molecule has 0 aromatic rings. The number of nitrogens with two attached hydrogens (primary N) is 1. The van der Waals surface area contributed by atoms with Crippen molar-refractivity contribution in [3.8, 4) is 0 Å². The molecule has 14 heavy (non-hydrogen) atoms. The van der Waals surface area contributed by atoms with Crippen LogP contribution in [0.15, 0.2) is 0 Å². The average molecular weight is 201 g/mol. The van der Waals surface area contributed by atoms with Gasteiger partial charge in [0.1, 0.15) is 5.67 Å². The fraction of sp³-hybridized carbons (Fsp3) is 1.00. The molecule has 0 bridgehead atoms. The van der Waals surface area contributed by atoms with Crippen molar-refractivity contribution >= 4 is 0 Å². The minimum Gasteiger partial charge on any atom is -0.328 e. The van der Waals surface area contributed by atoms with Gasteiger partial charge in [0.15, 0.2) is 0 Å². The Labute approximate surface area is 87.3 Å². The monoisotopic (exact) mass is 201 g/mol. The summed E-state index contributed by atoms with van der Waals surface area (Å²) in [5, 5.41) is 0. The largest absolute Gasteiger partial charge is 0.328 e. The first-order valence-electron chi connectivity index (χ1n) is 6.05. The van der Waals surface area contributed by atoms with E-state index in [2.05, 4.69) is 6.92 Å². The van der Waals surface area contributed by atoms with Gasteiger partial charge in [-0.05, 0) is 31.1 Å². The molecule has 3 unspecified atom stereocenters. The standard InChI is InChI=1S/C12H24FN/c1-3-10-6-5-7-11(8-10)12(13,4-2)9-14/h10-11H,3-9,14H2,1-2H3. The van der Waals surface area contributed by atoms with Crippen molar-refractivity contribution in [1.29, 1.82) is 0 Å². The van der Waals surface area contributed by atoms with Crippen molar-refractivity contribution in [2.45, 2.75) is 58.0 Å². The SMILES string of the molecule is CCC1CCCC(C(F)(CC)CN)C1. The molecule has 1 fully saturated rings. The topological polar surface area (TPSA) is 26.0 Å². The molecule has 2 N–H and O–H groups in total. The van der Waals surface area contributed by atoms with Gasteiger partial charge in [-0.25, -0.2) is 4.39 Å². The molecule has 1 aliphatic carbocycles. The second-order valence-corrected chi connectivity index (χ2v) is 4.73. The van der Waals surface area contributed by atoms with Gasteiger partial charge in [-0.2, -0.15) is 0 Å². The van der Waals surface area contributed by atoms with E-state index in [4.69, 9.17) is 5.73 Å². The zero-order chi connectivity index (χ0) is 10.6. The predicted octanol–water partition coefficient (Wildman–Crippen LogP) is 3.28. The van der Waals surface area contributed by atoms with Gasteiger partial charge < -0.3 is 5.73 Å². The molecule has 1 saturated carbocycles. The predicted molar refractivity (Wildman–Crippen MR) is 58.9 cm³/mol. The summed E-state index contributed by atoms with van der Waals surface area (Å²) in [4.78, 5) is 0. The van der Waals surface area contributed by atoms with Crippen LogP contribution in [0.1, 0.15) is 52.4 Å². The summed E-state index contributed by atoms with van der Waals surface area (Å²) >= 11 is 0. The highest BCUT2D eigenvalue weighted by atomic mass is 19.1. The Balaban J connectivity index is 2.57. The molecule has 2 heteroatoms. The molecule has 0 heterocycles. The summed E-state index contributed by atoms with van der Waals surface area (Å²) in [5.41, 5.74) is 4.47. The van der Waals surface area contributed by atoms with Crippen LogP contribution >= 0.6 is 0 Å². The Hall–Kier alpha value is -0.110.